The van der Waals surface area contributed by atoms with Gasteiger partial charge in [0, 0.05) is 4.88 Å². The highest BCUT2D eigenvalue weighted by molar-refractivity contribution is 9.11. The molecule has 0 saturated carbocycles. The highest BCUT2D eigenvalue weighted by Crippen LogP contribution is 2.25. The van der Waals surface area contributed by atoms with Crippen molar-refractivity contribution >= 4 is 27.3 Å². The summed E-state index contributed by atoms with van der Waals surface area (Å²) >= 11 is 4.89. The van der Waals surface area contributed by atoms with Crippen LogP contribution in [0, 0.1) is 17.1 Å². The summed E-state index contributed by atoms with van der Waals surface area (Å²) in [6, 6.07) is 9.99. The second-order valence-electron chi connectivity index (χ2n) is 3.22. The lowest BCUT2D eigenvalue weighted by Gasteiger charge is -2.06. The average Bonchev–Trinajstić information content (AvgIpc) is 2.72. The minimum atomic E-state index is -0.558. The third-order valence-corrected chi connectivity index (χ3v) is 3.68. The molecule has 1 aromatic carbocycles. The van der Waals surface area contributed by atoms with E-state index < -0.39 is 5.82 Å². The summed E-state index contributed by atoms with van der Waals surface area (Å²) in [4.78, 5) is 1.00. The van der Waals surface area contributed by atoms with E-state index in [-0.39, 0.29) is 11.3 Å². The van der Waals surface area contributed by atoms with Gasteiger partial charge in [-0.3, -0.25) is 0 Å². The van der Waals surface area contributed by atoms with Crippen molar-refractivity contribution in [3.8, 4) is 11.8 Å². The number of halogens is 2. The molecule has 0 amide bonds. The lowest BCUT2D eigenvalue weighted by molar-refractivity contribution is 0.307. The fourth-order valence-electron chi connectivity index (χ4n) is 1.31. The van der Waals surface area contributed by atoms with Crippen molar-refractivity contribution in [2.75, 3.05) is 0 Å². The first-order valence-electron chi connectivity index (χ1n) is 4.76. The van der Waals surface area contributed by atoms with E-state index in [1.165, 1.54) is 23.5 Å². The van der Waals surface area contributed by atoms with Gasteiger partial charge in [0.15, 0.2) is 0 Å². The predicted molar refractivity (Wildman–Crippen MR) is 67.5 cm³/mol. The molecule has 2 aromatic rings. The Labute approximate surface area is 110 Å². The molecule has 0 saturated heterocycles. The van der Waals surface area contributed by atoms with Crippen molar-refractivity contribution < 1.29 is 9.13 Å². The van der Waals surface area contributed by atoms with Gasteiger partial charge in [-0.05, 0) is 40.2 Å². The molecule has 0 bridgehead atoms. The molecule has 86 valence electrons. The van der Waals surface area contributed by atoms with Crippen LogP contribution < -0.4 is 4.74 Å². The summed E-state index contributed by atoms with van der Waals surface area (Å²) < 4.78 is 19.7. The first-order valence-corrected chi connectivity index (χ1v) is 6.37. The van der Waals surface area contributed by atoms with Gasteiger partial charge in [0.2, 0.25) is 0 Å². The Morgan fingerprint density at radius 2 is 2.18 bits per heavy atom. The molecular formula is C12H7BrFNOS. The second kappa shape index (κ2) is 5.30. The molecule has 0 aliphatic rings. The van der Waals surface area contributed by atoms with Gasteiger partial charge in [-0.2, -0.15) is 5.26 Å². The number of nitrogens with zero attached hydrogens (tertiary/aromatic N) is 1. The highest BCUT2D eigenvalue weighted by Gasteiger charge is 2.09. The lowest BCUT2D eigenvalue weighted by Crippen LogP contribution is -1.96. The summed E-state index contributed by atoms with van der Waals surface area (Å²) in [6.45, 7) is 0.328. The maximum Gasteiger partial charge on any atom is 0.144 e. The molecule has 0 N–H and O–H groups in total. The van der Waals surface area contributed by atoms with Gasteiger partial charge in [-0.15, -0.1) is 11.3 Å². The maximum absolute atomic E-state index is 13.3. The topological polar surface area (TPSA) is 33.0 Å². The number of benzene rings is 1. The number of ether oxygens (including phenoxy) is 1. The van der Waals surface area contributed by atoms with Crippen LogP contribution in [0.15, 0.2) is 34.1 Å². The monoisotopic (exact) mass is 311 g/mol. The number of hydrogen-bond donors (Lipinski definition) is 0. The van der Waals surface area contributed by atoms with Crippen LogP contribution in [0.3, 0.4) is 0 Å². The largest absolute Gasteiger partial charge is 0.487 e. The van der Waals surface area contributed by atoms with Gasteiger partial charge in [-0.25, -0.2) is 4.39 Å². The predicted octanol–water partition coefficient (Wildman–Crippen LogP) is 4.10. The van der Waals surface area contributed by atoms with Crippen molar-refractivity contribution in [2.24, 2.45) is 0 Å². The minimum Gasteiger partial charge on any atom is -0.487 e. The van der Waals surface area contributed by atoms with E-state index in [0.29, 0.717) is 6.61 Å². The molecule has 0 atom stereocenters. The van der Waals surface area contributed by atoms with Gasteiger partial charge < -0.3 is 4.74 Å². The summed E-state index contributed by atoms with van der Waals surface area (Å²) in [7, 11) is 0. The zero-order valence-electron chi connectivity index (χ0n) is 8.61. The van der Waals surface area contributed by atoms with Gasteiger partial charge in [-0.1, -0.05) is 6.07 Å². The number of nitriles is 1. The van der Waals surface area contributed by atoms with Crippen LogP contribution in [0.5, 0.6) is 5.75 Å². The fraction of sp³-hybridized carbons (Fsp3) is 0.0833. The molecule has 0 unspecified atom stereocenters. The molecule has 0 fully saturated rings. The van der Waals surface area contributed by atoms with Crippen molar-refractivity contribution in [3.63, 3.8) is 0 Å². The van der Waals surface area contributed by atoms with Gasteiger partial charge >= 0.3 is 0 Å². The van der Waals surface area contributed by atoms with E-state index in [1.54, 1.807) is 12.1 Å². The molecule has 0 aliphatic carbocycles. The molecule has 2 nitrogen and oxygen atoms in total. The third kappa shape index (κ3) is 2.84. The Kier molecular flexibility index (Phi) is 3.77. The number of thiophene rings is 1. The molecule has 0 aliphatic heterocycles. The van der Waals surface area contributed by atoms with Crippen LogP contribution in [-0.2, 0) is 6.61 Å². The van der Waals surface area contributed by atoms with Crippen LogP contribution in [0.2, 0.25) is 0 Å². The zero-order valence-corrected chi connectivity index (χ0v) is 11.0. The SMILES string of the molecule is N#Cc1c(F)cccc1OCc1ccc(Br)s1. The Balaban J connectivity index is 2.14. The molecule has 1 aromatic heterocycles. The van der Waals surface area contributed by atoms with Gasteiger partial charge in [0.05, 0.1) is 3.79 Å². The lowest BCUT2D eigenvalue weighted by atomic mass is 10.2. The molecule has 5 heteroatoms. The fourth-order valence-corrected chi connectivity index (χ4v) is 2.71. The highest BCUT2D eigenvalue weighted by atomic mass is 79.9. The van der Waals surface area contributed by atoms with E-state index in [9.17, 15) is 4.39 Å². The number of hydrogen-bond acceptors (Lipinski definition) is 3. The van der Waals surface area contributed by atoms with E-state index >= 15 is 0 Å². The molecule has 2 rings (SSSR count). The Bertz CT molecular complexity index is 576. The van der Waals surface area contributed by atoms with Gasteiger partial charge in [0.1, 0.15) is 29.8 Å². The van der Waals surface area contributed by atoms with Crippen LogP contribution in [-0.4, -0.2) is 0 Å². The van der Waals surface area contributed by atoms with Crippen LogP contribution in [0.4, 0.5) is 4.39 Å². The second-order valence-corrected chi connectivity index (χ2v) is 5.77. The normalized spacial score (nSPS) is 9.94. The first-order chi connectivity index (χ1) is 8.20. The summed E-state index contributed by atoms with van der Waals surface area (Å²) in [5.41, 5.74) is -0.0527. The van der Waals surface area contributed by atoms with E-state index in [4.69, 9.17) is 10.00 Å². The minimum absolute atomic E-state index is 0.0527. The number of rotatable bonds is 3. The molecule has 0 spiro atoms. The van der Waals surface area contributed by atoms with E-state index in [2.05, 4.69) is 15.9 Å². The molecule has 0 radical (unpaired) electrons. The van der Waals surface area contributed by atoms with Gasteiger partial charge in [0.25, 0.3) is 0 Å². The Morgan fingerprint density at radius 1 is 1.35 bits per heavy atom. The quantitative estimate of drug-likeness (QED) is 0.855. The van der Waals surface area contributed by atoms with Crippen LogP contribution >= 0.6 is 27.3 Å². The summed E-state index contributed by atoms with van der Waals surface area (Å²) in [5.74, 6) is -0.283. The zero-order chi connectivity index (χ0) is 12.3. The van der Waals surface area contributed by atoms with Crippen molar-refractivity contribution in [1.29, 1.82) is 5.26 Å². The molecule has 1 heterocycles. The van der Waals surface area contributed by atoms with Crippen molar-refractivity contribution in [1.82, 2.24) is 0 Å². The average molecular weight is 312 g/mol. The summed E-state index contributed by atoms with van der Waals surface area (Å²) in [5, 5.41) is 8.83. The standard InChI is InChI=1S/C12H7BrFNOS/c13-12-5-4-8(17-12)7-16-11-3-1-2-10(14)9(11)6-15/h1-5H,7H2. The Morgan fingerprint density at radius 3 is 2.82 bits per heavy atom. The van der Waals surface area contributed by atoms with Crippen LogP contribution in [0.1, 0.15) is 10.4 Å². The molecule has 17 heavy (non-hydrogen) atoms. The maximum atomic E-state index is 13.3. The summed E-state index contributed by atoms with van der Waals surface area (Å²) in [6.07, 6.45) is 0. The van der Waals surface area contributed by atoms with Crippen molar-refractivity contribution in [3.05, 3.63) is 50.4 Å². The van der Waals surface area contributed by atoms with Crippen LogP contribution in [0.25, 0.3) is 0 Å². The smallest absolute Gasteiger partial charge is 0.144 e. The first kappa shape index (κ1) is 12.1. The molecular weight excluding hydrogens is 305 g/mol. The Hall–Kier alpha value is -1.38. The van der Waals surface area contributed by atoms with E-state index in [0.717, 1.165) is 8.66 Å². The third-order valence-electron chi connectivity index (χ3n) is 2.09. The van der Waals surface area contributed by atoms with E-state index in [1.807, 2.05) is 12.1 Å². The van der Waals surface area contributed by atoms with Crippen molar-refractivity contribution in [2.45, 2.75) is 6.61 Å².